The predicted octanol–water partition coefficient (Wildman–Crippen LogP) is 3.31. The Hall–Kier alpha value is -0.940. The van der Waals surface area contributed by atoms with Gasteiger partial charge in [-0.15, -0.1) is 0 Å². The Balaban J connectivity index is 1.33. The number of ketones is 1. The van der Waals surface area contributed by atoms with Gasteiger partial charge >= 0.3 is 0 Å². The summed E-state index contributed by atoms with van der Waals surface area (Å²) in [4.78, 5) is 18.4. The van der Waals surface area contributed by atoms with Crippen LogP contribution >= 0.6 is 0 Å². The average molecular weight is 389 g/mol. The van der Waals surface area contributed by atoms with E-state index in [0.717, 1.165) is 64.5 Å². The van der Waals surface area contributed by atoms with E-state index in [9.17, 15) is 9.90 Å². The molecule has 4 aliphatic carbocycles. The van der Waals surface area contributed by atoms with Gasteiger partial charge in [0.1, 0.15) is 11.9 Å². The van der Waals surface area contributed by atoms with Crippen molar-refractivity contribution in [1.29, 1.82) is 0 Å². The van der Waals surface area contributed by atoms with Crippen molar-refractivity contribution in [2.75, 3.05) is 19.7 Å². The number of nitrogens with one attached hydrogen (secondary N) is 1. The maximum absolute atomic E-state index is 12.6. The van der Waals surface area contributed by atoms with E-state index in [1.54, 1.807) is 0 Å². The quantitative estimate of drug-likeness (QED) is 0.728. The first-order valence-electron chi connectivity index (χ1n) is 11.6. The molecule has 4 saturated carbocycles. The number of rotatable bonds is 3. The Morgan fingerprint density at radius 3 is 2.82 bits per heavy atom. The zero-order valence-electron chi connectivity index (χ0n) is 17.3. The van der Waals surface area contributed by atoms with Gasteiger partial charge in [-0.25, -0.2) is 0 Å². The Bertz CT molecular complexity index is 658. The van der Waals surface area contributed by atoms with Gasteiger partial charge in [-0.1, -0.05) is 12.1 Å². The topological polar surface area (TPSA) is 70.9 Å². The van der Waals surface area contributed by atoms with Crippen LogP contribution in [0.25, 0.3) is 0 Å². The molecule has 5 fully saturated rings. The fraction of sp³-hybridized carbons (Fsp3) is 0.913. The molecule has 28 heavy (non-hydrogen) atoms. The summed E-state index contributed by atoms with van der Waals surface area (Å²) in [7, 11) is 0. The highest BCUT2D eigenvalue weighted by molar-refractivity contribution is 5.87. The highest BCUT2D eigenvalue weighted by Gasteiger charge is 2.61. The molecule has 2 N–H and O–H groups in total. The number of oxime groups is 1. The zero-order chi connectivity index (χ0) is 19.4. The summed E-state index contributed by atoms with van der Waals surface area (Å²) in [6.07, 6.45) is 10.7. The van der Waals surface area contributed by atoms with Crippen LogP contribution in [-0.4, -0.2) is 42.4 Å². The van der Waals surface area contributed by atoms with Crippen LogP contribution in [-0.2, 0) is 9.63 Å². The lowest BCUT2D eigenvalue weighted by Gasteiger charge is -2.60. The molecule has 1 saturated heterocycles. The van der Waals surface area contributed by atoms with Gasteiger partial charge in [-0.3, -0.25) is 4.79 Å². The standard InChI is InChI=1S/C23H36N2O3/c1-22-9-7-20-18(19(22)4-5-21(22)27)3-2-15-12-16(6-10-23(15,20)14-26)25-28-17-8-11-24-13-17/h15,17-20,24,26H,2-14H2,1H3/t15-,17?,18?,19?,20?,22-,23+/m0/s1. The van der Waals surface area contributed by atoms with Crippen LogP contribution in [0.15, 0.2) is 5.16 Å². The van der Waals surface area contributed by atoms with Crippen molar-refractivity contribution in [2.24, 2.45) is 39.7 Å². The molecule has 0 aromatic heterocycles. The lowest BCUT2D eigenvalue weighted by molar-refractivity contribution is -0.143. The molecule has 1 heterocycles. The minimum atomic E-state index is -0.0743. The molecule has 5 nitrogen and oxygen atoms in total. The molecule has 0 radical (unpaired) electrons. The highest BCUT2D eigenvalue weighted by atomic mass is 16.6. The first kappa shape index (κ1) is 19.0. The van der Waals surface area contributed by atoms with E-state index < -0.39 is 0 Å². The lowest BCUT2D eigenvalue weighted by Crippen LogP contribution is -2.56. The Morgan fingerprint density at radius 2 is 2.04 bits per heavy atom. The second-order valence-corrected chi connectivity index (χ2v) is 10.5. The molecule has 156 valence electrons. The van der Waals surface area contributed by atoms with Gasteiger partial charge < -0.3 is 15.3 Å². The molecule has 5 aliphatic rings. The fourth-order valence-corrected chi connectivity index (χ4v) is 7.89. The first-order valence-corrected chi connectivity index (χ1v) is 11.6. The summed E-state index contributed by atoms with van der Waals surface area (Å²) in [6.45, 7) is 4.47. The summed E-state index contributed by atoms with van der Waals surface area (Å²) < 4.78 is 0. The van der Waals surface area contributed by atoms with Crippen LogP contribution in [0, 0.1) is 34.5 Å². The lowest BCUT2D eigenvalue weighted by atomic mass is 9.45. The van der Waals surface area contributed by atoms with E-state index in [4.69, 9.17) is 4.84 Å². The second kappa shape index (κ2) is 7.09. The van der Waals surface area contributed by atoms with E-state index in [1.165, 1.54) is 18.6 Å². The third kappa shape index (κ3) is 2.79. The summed E-state index contributed by atoms with van der Waals surface area (Å²) in [6, 6.07) is 0. The first-order chi connectivity index (χ1) is 13.6. The van der Waals surface area contributed by atoms with Gasteiger partial charge in [-0.05, 0) is 81.6 Å². The van der Waals surface area contributed by atoms with Gasteiger partial charge in [0.05, 0.1) is 5.71 Å². The van der Waals surface area contributed by atoms with Crippen molar-refractivity contribution >= 4 is 11.5 Å². The largest absolute Gasteiger partial charge is 0.396 e. The van der Waals surface area contributed by atoms with E-state index >= 15 is 0 Å². The minimum Gasteiger partial charge on any atom is -0.396 e. The molecule has 0 aromatic carbocycles. The van der Waals surface area contributed by atoms with Gasteiger partial charge in [0, 0.05) is 36.8 Å². The van der Waals surface area contributed by atoms with Crippen molar-refractivity contribution < 1.29 is 14.7 Å². The average Bonchev–Trinajstić information content (AvgIpc) is 3.34. The van der Waals surface area contributed by atoms with Crippen molar-refractivity contribution in [1.82, 2.24) is 5.32 Å². The molecular weight excluding hydrogens is 352 g/mol. The van der Waals surface area contributed by atoms with Crippen molar-refractivity contribution in [3.63, 3.8) is 0 Å². The number of carbonyl (C=O) groups excluding carboxylic acids is 1. The van der Waals surface area contributed by atoms with Gasteiger partial charge in [-0.2, -0.15) is 0 Å². The highest BCUT2D eigenvalue weighted by Crippen LogP contribution is 2.65. The van der Waals surface area contributed by atoms with Gasteiger partial charge in [0.2, 0.25) is 0 Å². The minimum absolute atomic E-state index is 0.0455. The number of hydrogen-bond acceptors (Lipinski definition) is 5. The molecule has 5 rings (SSSR count). The second-order valence-electron chi connectivity index (χ2n) is 10.5. The monoisotopic (exact) mass is 388 g/mol. The molecular formula is C23H36N2O3. The maximum Gasteiger partial charge on any atom is 0.141 e. The van der Waals surface area contributed by atoms with Crippen LogP contribution in [0.3, 0.4) is 0 Å². The van der Waals surface area contributed by atoms with E-state index in [0.29, 0.717) is 36.1 Å². The molecule has 7 atom stereocenters. The summed E-state index contributed by atoms with van der Waals surface area (Å²) in [5, 5.41) is 18.5. The number of carbonyl (C=O) groups is 1. The summed E-state index contributed by atoms with van der Waals surface area (Å²) >= 11 is 0. The summed E-state index contributed by atoms with van der Waals surface area (Å²) in [5.41, 5.74) is 1.18. The van der Waals surface area contributed by atoms with E-state index in [2.05, 4.69) is 17.4 Å². The number of aliphatic hydroxyl groups is 1. The van der Waals surface area contributed by atoms with E-state index in [-0.39, 0.29) is 16.9 Å². The molecule has 1 aliphatic heterocycles. The SMILES string of the molecule is C[C@]12CCC3C(CC[C@H]4CC(=NOC5CCNC5)CC[C@]34CO)C1CCC2=O. The van der Waals surface area contributed by atoms with Crippen LogP contribution in [0.5, 0.6) is 0 Å². The molecule has 0 aromatic rings. The number of hydrogen-bond donors (Lipinski definition) is 2. The third-order valence-electron chi connectivity index (χ3n) is 9.55. The zero-order valence-corrected chi connectivity index (χ0v) is 17.3. The summed E-state index contributed by atoms with van der Waals surface area (Å²) in [5.74, 6) is 2.80. The maximum atomic E-state index is 12.6. The molecule has 0 spiro atoms. The third-order valence-corrected chi connectivity index (χ3v) is 9.55. The molecule has 4 unspecified atom stereocenters. The van der Waals surface area contributed by atoms with Crippen LogP contribution in [0.2, 0.25) is 0 Å². The van der Waals surface area contributed by atoms with Crippen molar-refractivity contribution in [3.8, 4) is 0 Å². The normalized spacial score (nSPS) is 49.6. The van der Waals surface area contributed by atoms with Crippen LogP contribution < -0.4 is 5.32 Å². The molecule has 0 bridgehead atoms. The number of aliphatic hydroxyl groups excluding tert-OH is 1. The number of fused-ring (bicyclic) bond motifs is 5. The van der Waals surface area contributed by atoms with Crippen molar-refractivity contribution in [2.45, 2.75) is 77.2 Å². The number of Topliss-reactive ketones (excluding diaryl/α,β-unsaturated/α-hetero) is 1. The Labute approximate surface area is 168 Å². The molecule has 0 amide bonds. The predicted molar refractivity (Wildman–Crippen MR) is 108 cm³/mol. The number of nitrogens with zero attached hydrogens (tertiary/aromatic N) is 1. The van der Waals surface area contributed by atoms with Crippen LogP contribution in [0.1, 0.15) is 71.1 Å². The van der Waals surface area contributed by atoms with Crippen molar-refractivity contribution in [3.05, 3.63) is 0 Å². The molecule has 5 heteroatoms. The smallest absolute Gasteiger partial charge is 0.141 e. The van der Waals surface area contributed by atoms with Crippen LogP contribution in [0.4, 0.5) is 0 Å². The Kier molecular flexibility index (Phi) is 4.82. The van der Waals surface area contributed by atoms with E-state index in [1.807, 2.05) is 0 Å². The van der Waals surface area contributed by atoms with Gasteiger partial charge in [0.15, 0.2) is 0 Å². The Morgan fingerprint density at radius 1 is 1.14 bits per heavy atom. The van der Waals surface area contributed by atoms with Gasteiger partial charge in [0.25, 0.3) is 0 Å². The fourth-order valence-electron chi connectivity index (χ4n) is 7.89.